The maximum Gasteiger partial charge on any atom is 0.176 e. The molecule has 0 saturated carbocycles. The van der Waals surface area contributed by atoms with Crippen LogP contribution in [0.1, 0.15) is 23.0 Å². The van der Waals surface area contributed by atoms with E-state index in [0.29, 0.717) is 12.2 Å². The number of rotatable bonds is 3. The van der Waals surface area contributed by atoms with Crippen molar-refractivity contribution in [1.82, 2.24) is 20.2 Å². The highest BCUT2D eigenvalue weighted by Gasteiger charge is 2.13. The number of hydrogen-bond acceptors (Lipinski definition) is 4. The molecule has 0 aliphatic carbocycles. The fourth-order valence-electron chi connectivity index (χ4n) is 1.72. The van der Waals surface area contributed by atoms with E-state index < -0.39 is 0 Å². The van der Waals surface area contributed by atoms with Crippen molar-refractivity contribution in [2.24, 2.45) is 12.8 Å². The number of tetrazole rings is 1. The molecule has 0 radical (unpaired) electrons. The van der Waals surface area contributed by atoms with Crippen molar-refractivity contribution in [2.75, 3.05) is 0 Å². The van der Waals surface area contributed by atoms with Crippen molar-refractivity contribution in [3.63, 3.8) is 0 Å². The van der Waals surface area contributed by atoms with Gasteiger partial charge in [-0.1, -0.05) is 6.07 Å². The molecule has 0 fully saturated rings. The van der Waals surface area contributed by atoms with Crippen LogP contribution in [0.25, 0.3) is 0 Å². The highest BCUT2D eigenvalue weighted by atomic mass is 19.1. The number of halogens is 1. The molecule has 0 saturated heterocycles. The molecule has 0 aliphatic rings. The maximum atomic E-state index is 13.1. The standard InChI is InChI=1S/C11H14FN5/c1-7-3-4-8(12)5-9(7)10(13)6-11-14-16-17(2)15-11/h3-5,10H,6,13H2,1-2H3. The van der Waals surface area contributed by atoms with E-state index in [0.717, 1.165) is 11.1 Å². The molecule has 2 N–H and O–H groups in total. The number of aromatic nitrogens is 4. The molecular formula is C11H14FN5. The number of nitrogens with two attached hydrogens (primary N) is 1. The van der Waals surface area contributed by atoms with Gasteiger partial charge in [-0.15, -0.1) is 10.2 Å². The van der Waals surface area contributed by atoms with Crippen LogP contribution in [0, 0.1) is 12.7 Å². The van der Waals surface area contributed by atoms with E-state index in [1.165, 1.54) is 16.9 Å². The van der Waals surface area contributed by atoms with Crippen LogP contribution in [0.3, 0.4) is 0 Å². The molecule has 0 aliphatic heterocycles. The van der Waals surface area contributed by atoms with Gasteiger partial charge in [0.1, 0.15) is 5.82 Å². The molecule has 0 bridgehead atoms. The van der Waals surface area contributed by atoms with Gasteiger partial charge in [0.15, 0.2) is 5.82 Å². The van der Waals surface area contributed by atoms with Crippen molar-refractivity contribution in [2.45, 2.75) is 19.4 Å². The number of aryl methyl sites for hydroxylation is 2. The molecule has 1 atom stereocenters. The van der Waals surface area contributed by atoms with Gasteiger partial charge >= 0.3 is 0 Å². The van der Waals surface area contributed by atoms with Crippen LogP contribution in [0.5, 0.6) is 0 Å². The van der Waals surface area contributed by atoms with E-state index in [2.05, 4.69) is 15.4 Å². The molecule has 1 heterocycles. The Kier molecular flexibility index (Phi) is 3.14. The lowest BCUT2D eigenvalue weighted by atomic mass is 9.99. The number of nitrogens with zero attached hydrogens (tertiary/aromatic N) is 4. The van der Waals surface area contributed by atoms with Gasteiger partial charge in [-0.05, 0) is 35.4 Å². The summed E-state index contributed by atoms with van der Waals surface area (Å²) in [6, 6.07) is 4.27. The zero-order chi connectivity index (χ0) is 12.4. The first kappa shape index (κ1) is 11.7. The first-order valence-electron chi connectivity index (χ1n) is 5.31. The van der Waals surface area contributed by atoms with Gasteiger partial charge in [-0.25, -0.2) is 4.39 Å². The average molecular weight is 235 g/mol. The van der Waals surface area contributed by atoms with E-state index in [1.807, 2.05) is 6.92 Å². The second kappa shape index (κ2) is 4.58. The minimum absolute atomic E-state index is 0.284. The largest absolute Gasteiger partial charge is 0.324 e. The molecule has 2 rings (SSSR count). The molecule has 90 valence electrons. The van der Waals surface area contributed by atoms with Crippen LogP contribution in [-0.4, -0.2) is 20.2 Å². The normalized spacial score (nSPS) is 12.7. The summed E-state index contributed by atoms with van der Waals surface area (Å²) >= 11 is 0. The van der Waals surface area contributed by atoms with Crippen LogP contribution in [-0.2, 0) is 13.5 Å². The minimum Gasteiger partial charge on any atom is -0.324 e. The lowest BCUT2D eigenvalue weighted by molar-refractivity contribution is 0.610. The Morgan fingerprint density at radius 2 is 2.24 bits per heavy atom. The second-order valence-corrected chi connectivity index (χ2v) is 4.01. The molecule has 1 aromatic carbocycles. The summed E-state index contributed by atoms with van der Waals surface area (Å²) in [7, 11) is 1.69. The van der Waals surface area contributed by atoms with Crippen LogP contribution in [0.2, 0.25) is 0 Å². The summed E-state index contributed by atoms with van der Waals surface area (Å²) in [6.07, 6.45) is 0.443. The summed E-state index contributed by atoms with van der Waals surface area (Å²) in [6.45, 7) is 1.90. The van der Waals surface area contributed by atoms with Gasteiger partial charge in [-0.2, -0.15) is 4.80 Å². The number of hydrogen-bond donors (Lipinski definition) is 1. The average Bonchev–Trinajstić information content (AvgIpc) is 2.67. The molecule has 2 aromatic rings. The lowest BCUT2D eigenvalue weighted by Crippen LogP contribution is -2.16. The Balaban J connectivity index is 2.19. The Morgan fingerprint density at radius 3 is 2.88 bits per heavy atom. The minimum atomic E-state index is -0.324. The zero-order valence-electron chi connectivity index (χ0n) is 9.76. The Labute approximate surface area is 98.4 Å². The van der Waals surface area contributed by atoms with Crippen molar-refractivity contribution >= 4 is 0 Å². The quantitative estimate of drug-likeness (QED) is 0.858. The summed E-state index contributed by atoms with van der Waals surface area (Å²) < 4.78 is 13.1. The van der Waals surface area contributed by atoms with Crippen molar-refractivity contribution in [3.05, 3.63) is 41.0 Å². The number of benzene rings is 1. The van der Waals surface area contributed by atoms with Gasteiger partial charge in [-0.3, -0.25) is 0 Å². The van der Waals surface area contributed by atoms with Gasteiger partial charge in [0, 0.05) is 12.5 Å². The van der Waals surface area contributed by atoms with E-state index >= 15 is 0 Å². The highest BCUT2D eigenvalue weighted by Crippen LogP contribution is 2.19. The predicted octanol–water partition coefficient (Wildman–Crippen LogP) is 0.900. The first-order chi connectivity index (χ1) is 8.06. The van der Waals surface area contributed by atoms with Gasteiger partial charge < -0.3 is 5.73 Å². The van der Waals surface area contributed by atoms with Gasteiger partial charge in [0.2, 0.25) is 0 Å². The Hall–Kier alpha value is -1.82. The monoisotopic (exact) mass is 235 g/mol. The lowest BCUT2D eigenvalue weighted by Gasteiger charge is -2.12. The molecule has 1 aromatic heterocycles. The van der Waals surface area contributed by atoms with E-state index in [1.54, 1.807) is 13.1 Å². The summed E-state index contributed by atoms with van der Waals surface area (Å²) in [5.41, 5.74) is 7.76. The molecule has 0 spiro atoms. The zero-order valence-corrected chi connectivity index (χ0v) is 9.76. The summed E-state index contributed by atoms with van der Waals surface area (Å²) in [5, 5.41) is 11.6. The van der Waals surface area contributed by atoms with Crippen LogP contribution >= 0.6 is 0 Å². The molecule has 6 heteroatoms. The molecular weight excluding hydrogens is 221 g/mol. The molecule has 17 heavy (non-hydrogen) atoms. The molecule has 0 amide bonds. The third-order valence-corrected chi connectivity index (χ3v) is 2.59. The highest BCUT2D eigenvalue weighted by molar-refractivity contribution is 5.29. The van der Waals surface area contributed by atoms with Crippen molar-refractivity contribution in [1.29, 1.82) is 0 Å². The summed E-state index contributed by atoms with van der Waals surface area (Å²) in [4.78, 5) is 1.38. The maximum absolute atomic E-state index is 13.1. The topological polar surface area (TPSA) is 69.6 Å². The van der Waals surface area contributed by atoms with Crippen LogP contribution in [0.15, 0.2) is 18.2 Å². The second-order valence-electron chi connectivity index (χ2n) is 4.01. The summed E-state index contributed by atoms with van der Waals surface area (Å²) in [5.74, 6) is 0.275. The van der Waals surface area contributed by atoms with E-state index in [4.69, 9.17) is 5.73 Å². The van der Waals surface area contributed by atoms with E-state index in [-0.39, 0.29) is 11.9 Å². The van der Waals surface area contributed by atoms with E-state index in [9.17, 15) is 4.39 Å². The van der Waals surface area contributed by atoms with Crippen LogP contribution < -0.4 is 5.73 Å². The fraction of sp³-hybridized carbons (Fsp3) is 0.364. The van der Waals surface area contributed by atoms with Crippen molar-refractivity contribution < 1.29 is 4.39 Å². The third-order valence-electron chi connectivity index (χ3n) is 2.59. The SMILES string of the molecule is Cc1ccc(F)cc1C(N)Cc1nnn(C)n1. The van der Waals surface area contributed by atoms with Gasteiger partial charge in [0.05, 0.1) is 7.05 Å². The predicted molar refractivity (Wildman–Crippen MR) is 60.6 cm³/mol. The third kappa shape index (κ3) is 2.65. The van der Waals surface area contributed by atoms with Gasteiger partial charge in [0.25, 0.3) is 0 Å². The molecule has 1 unspecified atom stereocenters. The van der Waals surface area contributed by atoms with Crippen LogP contribution in [0.4, 0.5) is 4.39 Å². The van der Waals surface area contributed by atoms with Crippen molar-refractivity contribution in [3.8, 4) is 0 Å². The first-order valence-corrected chi connectivity index (χ1v) is 5.31. The Morgan fingerprint density at radius 1 is 1.47 bits per heavy atom. The Bertz CT molecular complexity index is 522. The fourth-order valence-corrected chi connectivity index (χ4v) is 1.72. The smallest absolute Gasteiger partial charge is 0.176 e. The molecule has 5 nitrogen and oxygen atoms in total.